The first-order valence-electron chi connectivity index (χ1n) is 8.37. The number of fused-ring (bicyclic) bond motifs is 1. The molecule has 3 rings (SSSR count). The minimum Gasteiger partial charge on any atom is -0.495 e. The van der Waals surface area contributed by atoms with E-state index in [-0.39, 0.29) is 17.4 Å². The molecule has 2 N–H and O–H groups in total. The second-order valence-corrected chi connectivity index (χ2v) is 5.90. The van der Waals surface area contributed by atoms with Gasteiger partial charge in [0.25, 0.3) is 11.8 Å². The van der Waals surface area contributed by atoms with E-state index in [1.807, 2.05) is 19.1 Å². The SMILES string of the molecule is C=CCNC(=O)c1nc(C(=O)Nc2cc(C)ccc2OC)n2ccccc12. The number of carbonyl (C=O) groups is 2. The van der Waals surface area contributed by atoms with E-state index in [1.54, 1.807) is 40.9 Å². The summed E-state index contributed by atoms with van der Waals surface area (Å²) in [5.74, 6) is -0.162. The van der Waals surface area contributed by atoms with Crippen LogP contribution in [0.3, 0.4) is 0 Å². The Labute approximate surface area is 156 Å². The molecule has 0 aliphatic heterocycles. The highest BCUT2D eigenvalue weighted by atomic mass is 16.5. The number of ether oxygens (including phenoxy) is 1. The predicted octanol–water partition coefficient (Wildman–Crippen LogP) is 2.82. The van der Waals surface area contributed by atoms with Crippen LogP contribution in [0, 0.1) is 6.92 Å². The summed E-state index contributed by atoms with van der Waals surface area (Å²) in [6.07, 6.45) is 3.27. The monoisotopic (exact) mass is 364 g/mol. The highest BCUT2D eigenvalue weighted by Gasteiger charge is 2.22. The van der Waals surface area contributed by atoms with Crippen molar-refractivity contribution in [3.05, 3.63) is 72.3 Å². The van der Waals surface area contributed by atoms with Gasteiger partial charge in [0.1, 0.15) is 5.75 Å². The standard InChI is InChI=1S/C20H20N4O3/c1-4-10-21-19(25)17-15-7-5-6-11-24(15)18(23-17)20(26)22-14-12-13(2)8-9-16(14)27-3/h4-9,11-12H,1,10H2,2-3H3,(H,21,25)(H,22,26). The normalized spacial score (nSPS) is 10.4. The van der Waals surface area contributed by atoms with Gasteiger partial charge < -0.3 is 15.4 Å². The molecule has 0 aliphatic carbocycles. The van der Waals surface area contributed by atoms with Crippen LogP contribution < -0.4 is 15.4 Å². The van der Waals surface area contributed by atoms with Crippen LogP contribution in [0.15, 0.2) is 55.3 Å². The number of hydrogen-bond donors (Lipinski definition) is 2. The van der Waals surface area contributed by atoms with Crippen LogP contribution in [0.1, 0.15) is 26.7 Å². The number of methoxy groups -OCH3 is 1. The van der Waals surface area contributed by atoms with Gasteiger partial charge in [-0.05, 0) is 36.8 Å². The summed E-state index contributed by atoms with van der Waals surface area (Å²) in [4.78, 5) is 29.5. The van der Waals surface area contributed by atoms with Crippen molar-refractivity contribution in [3.63, 3.8) is 0 Å². The minimum absolute atomic E-state index is 0.109. The molecule has 0 saturated carbocycles. The molecule has 2 heterocycles. The number of imidazole rings is 1. The van der Waals surface area contributed by atoms with E-state index < -0.39 is 5.91 Å². The van der Waals surface area contributed by atoms with E-state index in [9.17, 15) is 9.59 Å². The molecule has 0 aliphatic rings. The summed E-state index contributed by atoms with van der Waals surface area (Å²) >= 11 is 0. The molecule has 7 heteroatoms. The summed E-state index contributed by atoms with van der Waals surface area (Å²) in [7, 11) is 1.54. The number of amides is 2. The maximum Gasteiger partial charge on any atom is 0.292 e. The Morgan fingerprint density at radius 2 is 2.07 bits per heavy atom. The molecule has 1 aromatic carbocycles. The predicted molar refractivity (Wildman–Crippen MR) is 103 cm³/mol. The largest absolute Gasteiger partial charge is 0.495 e. The van der Waals surface area contributed by atoms with E-state index in [1.165, 1.54) is 7.11 Å². The Morgan fingerprint density at radius 3 is 2.81 bits per heavy atom. The van der Waals surface area contributed by atoms with Crippen molar-refractivity contribution in [1.82, 2.24) is 14.7 Å². The summed E-state index contributed by atoms with van der Waals surface area (Å²) in [6, 6.07) is 10.8. The van der Waals surface area contributed by atoms with Gasteiger partial charge in [0.05, 0.1) is 18.3 Å². The number of pyridine rings is 1. The van der Waals surface area contributed by atoms with Gasteiger partial charge in [0.2, 0.25) is 5.82 Å². The highest BCUT2D eigenvalue weighted by molar-refractivity contribution is 6.06. The molecule has 0 saturated heterocycles. The minimum atomic E-state index is -0.442. The number of rotatable bonds is 6. The number of aryl methyl sites for hydroxylation is 1. The Balaban J connectivity index is 1.99. The lowest BCUT2D eigenvalue weighted by Gasteiger charge is -2.10. The summed E-state index contributed by atoms with van der Waals surface area (Å²) in [5, 5.41) is 5.49. The molecule has 0 unspecified atom stereocenters. The first-order valence-corrected chi connectivity index (χ1v) is 8.37. The number of benzene rings is 1. The molecule has 0 radical (unpaired) electrons. The Hall–Kier alpha value is -3.61. The molecule has 0 spiro atoms. The Kier molecular flexibility index (Phi) is 5.21. The molecule has 138 valence electrons. The third-order valence-electron chi connectivity index (χ3n) is 3.98. The molecular formula is C20H20N4O3. The zero-order chi connectivity index (χ0) is 19.4. The topological polar surface area (TPSA) is 84.7 Å². The van der Waals surface area contributed by atoms with Gasteiger partial charge in [-0.25, -0.2) is 4.98 Å². The number of nitrogens with one attached hydrogen (secondary N) is 2. The van der Waals surface area contributed by atoms with E-state index >= 15 is 0 Å². The van der Waals surface area contributed by atoms with Crippen molar-refractivity contribution < 1.29 is 14.3 Å². The number of nitrogens with zero attached hydrogens (tertiary/aromatic N) is 2. The lowest BCUT2D eigenvalue weighted by molar-refractivity contribution is 0.0955. The van der Waals surface area contributed by atoms with Crippen LogP contribution >= 0.6 is 0 Å². The van der Waals surface area contributed by atoms with Crippen molar-refractivity contribution in [3.8, 4) is 5.75 Å². The van der Waals surface area contributed by atoms with Crippen molar-refractivity contribution in [2.45, 2.75) is 6.92 Å². The van der Waals surface area contributed by atoms with Crippen LogP contribution in [-0.2, 0) is 0 Å². The number of anilines is 1. The van der Waals surface area contributed by atoms with Crippen molar-refractivity contribution in [2.75, 3.05) is 19.0 Å². The summed E-state index contributed by atoms with van der Waals surface area (Å²) in [5.41, 5.74) is 2.23. The van der Waals surface area contributed by atoms with E-state index in [0.717, 1.165) is 5.56 Å². The van der Waals surface area contributed by atoms with Gasteiger partial charge in [-0.2, -0.15) is 0 Å². The van der Waals surface area contributed by atoms with Crippen molar-refractivity contribution >= 4 is 23.0 Å². The smallest absolute Gasteiger partial charge is 0.292 e. The third-order valence-corrected chi connectivity index (χ3v) is 3.98. The zero-order valence-corrected chi connectivity index (χ0v) is 15.2. The van der Waals surface area contributed by atoms with Crippen LogP contribution in [0.25, 0.3) is 5.52 Å². The van der Waals surface area contributed by atoms with Gasteiger partial charge >= 0.3 is 0 Å². The Morgan fingerprint density at radius 1 is 1.26 bits per heavy atom. The second-order valence-electron chi connectivity index (χ2n) is 5.90. The van der Waals surface area contributed by atoms with Crippen LogP contribution in [0.5, 0.6) is 5.75 Å². The third kappa shape index (κ3) is 3.67. The lowest BCUT2D eigenvalue weighted by Crippen LogP contribution is -2.24. The van der Waals surface area contributed by atoms with Crippen LogP contribution in [-0.4, -0.2) is 34.9 Å². The molecule has 2 amide bonds. The molecule has 27 heavy (non-hydrogen) atoms. The summed E-state index contributed by atoms with van der Waals surface area (Å²) < 4.78 is 6.88. The van der Waals surface area contributed by atoms with Gasteiger partial charge in [-0.15, -0.1) is 6.58 Å². The van der Waals surface area contributed by atoms with Gasteiger partial charge in [0, 0.05) is 12.7 Å². The van der Waals surface area contributed by atoms with Crippen LogP contribution in [0.4, 0.5) is 5.69 Å². The van der Waals surface area contributed by atoms with Gasteiger partial charge in [0.15, 0.2) is 5.69 Å². The Bertz CT molecular complexity index is 1020. The molecular weight excluding hydrogens is 344 g/mol. The maximum atomic E-state index is 12.9. The number of carbonyl (C=O) groups excluding carboxylic acids is 2. The fourth-order valence-electron chi connectivity index (χ4n) is 2.71. The quantitative estimate of drug-likeness (QED) is 0.659. The molecule has 2 aromatic heterocycles. The average molecular weight is 364 g/mol. The molecule has 0 bridgehead atoms. The number of aromatic nitrogens is 2. The van der Waals surface area contributed by atoms with Gasteiger partial charge in [-0.3, -0.25) is 14.0 Å². The van der Waals surface area contributed by atoms with E-state index in [0.29, 0.717) is 23.5 Å². The zero-order valence-electron chi connectivity index (χ0n) is 15.2. The lowest BCUT2D eigenvalue weighted by atomic mass is 10.2. The maximum absolute atomic E-state index is 12.9. The average Bonchev–Trinajstić information content (AvgIpc) is 3.06. The molecule has 7 nitrogen and oxygen atoms in total. The first kappa shape index (κ1) is 18.2. The fourth-order valence-corrected chi connectivity index (χ4v) is 2.71. The van der Waals surface area contributed by atoms with E-state index in [4.69, 9.17) is 4.74 Å². The van der Waals surface area contributed by atoms with E-state index in [2.05, 4.69) is 22.2 Å². The van der Waals surface area contributed by atoms with Crippen molar-refractivity contribution in [2.24, 2.45) is 0 Å². The fraction of sp³-hybridized carbons (Fsp3) is 0.150. The summed E-state index contributed by atoms with van der Waals surface area (Å²) in [6.45, 7) is 5.81. The molecule has 0 fully saturated rings. The second kappa shape index (κ2) is 7.74. The molecule has 3 aromatic rings. The van der Waals surface area contributed by atoms with Crippen molar-refractivity contribution in [1.29, 1.82) is 0 Å². The first-order chi connectivity index (χ1) is 13.0. The number of hydrogen-bond acceptors (Lipinski definition) is 4. The van der Waals surface area contributed by atoms with Gasteiger partial charge in [-0.1, -0.05) is 18.2 Å². The van der Waals surface area contributed by atoms with Crippen LogP contribution in [0.2, 0.25) is 0 Å². The highest BCUT2D eigenvalue weighted by Crippen LogP contribution is 2.26. The molecule has 0 atom stereocenters.